The van der Waals surface area contributed by atoms with E-state index < -0.39 is 5.60 Å². The Kier molecular flexibility index (Phi) is 3.65. The van der Waals surface area contributed by atoms with E-state index in [0.717, 1.165) is 6.54 Å². The van der Waals surface area contributed by atoms with Crippen molar-refractivity contribution in [1.82, 2.24) is 5.32 Å². The summed E-state index contributed by atoms with van der Waals surface area (Å²) in [6.07, 6.45) is 0. The Morgan fingerprint density at radius 1 is 1.62 bits per heavy atom. The third-order valence-corrected chi connectivity index (χ3v) is 2.00. The fourth-order valence-corrected chi connectivity index (χ4v) is 1.36. The lowest BCUT2D eigenvalue weighted by Crippen LogP contribution is -2.58. The van der Waals surface area contributed by atoms with Gasteiger partial charge in [-0.3, -0.25) is 0 Å². The minimum atomic E-state index is -0.957. The van der Waals surface area contributed by atoms with Crippen LogP contribution in [0.5, 0.6) is 0 Å². The van der Waals surface area contributed by atoms with Gasteiger partial charge in [-0.15, -0.1) is 0 Å². The number of hydrogen-bond acceptors (Lipinski definition) is 5. The molecule has 1 unspecified atom stereocenters. The van der Waals surface area contributed by atoms with Gasteiger partial charge in [-0.05, 0) is 0 Å². The zero-order valence-electron chi connectivity index (χ0n) is 7.96. The molecule has 76 valence electrons. The normalized spacial score (nSPS) is 28.5. The van der Waals surface area contributed by atoms with Gasteiger partial charge in [-0.1, -0.05) is 0 Å². The average Bonchev–Trinajstić information content (AvgIpc) is 2.18. The highest BCUT2D eigenvalue weighted by atomic mass is 16.6. The Morgan fingerprint density at radius 3 is 2.85 bits per heavy atom. The fourth-order valence-electron chi connectivity index (χ4n) is 1.36. The predicted molar refractivity (Wildman–Crippen MR) is 45.4 cm³/mol. The molecule has 5 nitrogen and oxygen atoms in total. The Morgan fingerprint density at radius 2 is 2.38 bits per heavy atom. The highest BCUT2D eigenvalue weighted by Gasteiger charge is 2.42. The van der Waals surface area contributed by atoms with Gasteiger partial charge in [0.2, 0.25) is 5.60 Å². The first-order valence-corrected chi connectivity index (χ1v) is 4.17. The lowest BCUT2D eigenvalue weighted by atomic mass is 10.0. The summed E-state index contributed by atoms with van der Waals surface area (Å²) in [7, 11) is 2.88. The van der Waals surface area contributed by atoms with Gasteiger partial charge >= 0.3 is 5.97 Å². The van der Waals surface area contributed by atoms with Crippen LogP contribution in [0.1, 0.15) is 0 Å². The highest BCUT2D eigenvalue weighted by molar-refractivity contribution is 5.80. The summed E-state index contributed by atoms with van der Waals surface area (Å²) in [5.74, 6) is -0.387. The van der Waals surface area contributed by atoms with Crippen LogP contribution >= 0.6 is 0 Å². The number of methoxy groups -OCH3 is 2. The molecule has 0 spiro atoms. The van der Waals surface area contributed by atoms with Crippen molar-refractivity contribution in [1.29, 1.82) is 0 Å². The Labute approximate surface area is 77.3 Å². The Hall–Kier alpha value is -0.650. The summed E-state index contributed by atoms with van der Waals surface area (Å²) in [4.78, 5) is 11.4. The first kappa shape index (κ1) is 10.4. The molecule has 1 fully saturated rings. The molecule has 1 aliphatic heterocycles. The molecule has 0 aromatic rings. The molecule has 0 amide bonds. The van der Waals surface area contributed by atoms with E-state index in [1.807, 2.05) is 0 Å². The summed E-state index contributed by atoms with van der Waals surface area (Å²) in [5.41, 5.74) is -0.957. The molecule has 1 heterocycles. The molecule has 0 radical (unpaired) electrons. The van der Waals surface area contributed by atoms with Gasteiger partial charge in [0, 0.05) is 20.2 Å². The summed E-state index contributed by atoms with van der Waals surface area (Å²) in [6.45, 7) is 1.90. The molecule has 0 aliphatic carbocycles. The maximum absolute atomic E-state index is 11.4. The zero-order valence-corrected chi connectivity index (χ0v) is 7.96. The van der Waals surface area contributed by atoms with Crippen molar-refractivity contribution >= 4 is 5.97 Å². The number of carbonyl (C=O) groups excluding carboxylic acids is 1. The standard InChI is InChI=1S/C8H15NO4/c1-11-6-8(7(10)12-2)5-9-3-4-13-8/h9H,3-6H2,1-2H3. The van der Waals surface area contributed by atoms with Gasteiger partial charge < -0.3 is 19.5 Å². The van der Waals surface area contributed by atoms with E-state index in [9.17, 15) is 4.79 Å². The monoisotopic (exact) mass is 189 g/mol. The Bertz CT molecular complexity index is 171. The van der Waals surface area contributed by atoms with Crippen molar-refractivity contribution in [3.8, 4) is 0 Å². The van der Waals surface area contributed by atoms with Gasteiger partial charge in [0.15, 0.2) is 0 Å². The molecule has 0 aromatic carbocycles. The van der Waals surface area contributed by atoms with E-state index in [1.54, 1.807) is 0 Å². The van der Waals surface area contributed by atoms with E-state index in [0.29, 0.717) is 13.2 Å². The second kappa shape index (κ2) is 4.55. The van der Waals surface area contributed by atoms with Gasteiger partial charge in [0.05, 0.1) is 20.3 Å². The molecule has 0 aromatic heterocycles. The lowest BCUT2D eigenvalue weighted by molar-refractivity contribution is -0.180. The minimum Gasteiger partial charge on any atom is -0.467 e. The van der Waals surface area contributed by atoms with Crippen LogP contribution < -0.4 is 5.32 Å². The molecule has 1 atom stereocenters. The van der Waals surface area contributed by atoms with Crippen LogP contribution in [0.15, 0.2) is 0 Å². The molecule has 13 heavy (non-hydrogen) atoms. The second-order valence-electron chi connectivity index (χ2n) is 2.94. The maximum Gasteiger partial charge on any atom is 0.341 e. The molecular weight excluding hydrogens is 174 g/mol. The van der Waals surface area contributed by atoms with E-state index in [1.165, 1.54) is 14.2 Å². The second-order valence-corrected chi connectivity index (χ2v) is 2.94. The zero-order chi connectivity index (χ0) is 9.73. The number of rotatable bonds is 3. The summed E-state index contributed by atoms with van der Waals surface area (Å²) < 4.78 is 15.0. The topological polar surface area (TPSA) is 56.8 Å². The summed E-state index contributed by atoms with van der Waals surface area (Å²) >= 11 is 0. The van der Waals surface area contributed by atoms with E-state index in [-0.39, 0.29) is 12.6 Å². The van der Waals surface area contributed by atoms with Gasteiger partial charge in [0.25, 0.3) is 0 Å². The maximum atomic E-state index is 11.4. The van der Waals surface area contributed by atoms with E-state index in [4.69, 9.17) is 9.47 Å². The van der Waals surface area contributed by atoms with Crippen molar-refractivity contribution in [3.63, 3.8) is 0 Å². The van der Waals surface area contributed by atoms with Gasteiger partial charge in [0.1, 0.15) is 0 Å². The number of hydrogen-bond donors (Lipinski definition) is 1. The molecule has 5 heteroatoms. The summed E-state index contributed by atoms with van der Waals surface area (Å²) in [5, 5.41) is 3.07. The van der Waals surface area contributed by atoms with Crippen molar-refractivity contribution in [2.75, 3.05) is 40.5 Å². The first-order chi connectivity index (χ1) is 6.25. The molecule has 1 aliphatic rings. The van der Waals surface area contributed by atoms with Crippen molar-refractivity contribution in [2.45, 2.75) is 5.60 Å². The van der Waals surface area contributed by atoms with Crippen molar-refractivity contribution in [3.05, 3.63) is 0 Å². The number of esters is 1. The molecule has 1 N–H and O–H groups in total. The molecule has 0 bridgehead atoms. The molecule has 1 rings (SSSR count). The van der Waals surface area contributed by atoms with Crippen LogP contribution in [-0.4, -0.2) is 52.1 Å². The van der Waals surface area contributed by atoms with E-state index >= 15 is 0 Å². The third-order valence-electron chi connectivity index (χ3n) is 2.00. The van der Waals surface area contributed by atoms with Crippen LogP contribution in [0.4, 0.5) is 0 Å². The lowest BCUT2D eigenvalue weighted by Gasteiger charge is -2.34. The van der Waals surface area contributed by atoms with Crippen LogP contribution in [0.2, 0.25) is 0 Å². The molecule has 1 saturated heterocycles. The number of nitrogens with one attached hydrogen (secondary N) is 1. The smallest absolute Gasteiger partial charge is 0.341 e. The van der Waals surface area contributed by atoms with Crippen LogP contribution in [0.3, 0.4) is 0 Å². The van der Waals surface area contributed by atoms with E-state index in [2.05, 4.69) is 10.1 Å². The molecular formula is C8H15NO4. The minimum absolute atomic E-state index is 0.215. The van der Waals surface area contributed by atoms with Gasteiger partial charge in [-0.25, -0.2) is 4.79 Å². The van der Waals surface area contributed by atoms with Crippen molar-refractivity contribution < 1.29 is 19.0 Å². The van der Waals surface area contributed by atoms with Crippen LogP contribution in [0.25, 0.3) is 0 Å². The number of carbonyl (C=O) groups is 1. The Balaban J connectivity index is 2.66. The predicted octanol–water partition coefficient (Wildman–Crippen LogP) is -0.836. The van der Waals surface area contributed by atoms with Crippen LogP contribution in [-0.2, 0) is 19.0 Å². The third kappa shape index (κ3) is 2.18. The number of morpholine rings is 1. The van der Waals surface area contributed by atoms with Crippen molar-refractivity contribution in [2.24, 2.45) is 0 Å². The van der Waals surface area contributed by atoms with Gasteiger partial charge in [-0.2, -0.15) is 0 Å². The largest absolute Gasteiger partial charge is 0.467 e. The average molecular weight is 189 g/mol. The van der Waals surface area contributed by atoms with Crippen LogP contribution in [0, 0.1) is 0 Å². The number of ether oxygens (including phenoxy) is 3. The fraction of sp³-hybridized carbons (Fsp3) is 0.875. The SMILES string of the molecule is COCC1(C(=O)OC)CNCCO1. The molecule has 0 saturated carbocycles. The highest BCUT2D eigenvalue weighted by Crippen LogP contribution is 2.15. The quantitative estimate of drug-likeness (QED) is 0.587. The summed E-state index contributed by atoms with van der Waals surface area (Å²) in [6, 6.07) is 0. The first-order valence-electron chi connectivity index (χ1n) is 4.17.